The molecule has 0 saturated heterocycles. The Balaban J connectivity index is 2.36. The molecular formula is C12H9FN2O4. The van der Waals surface area contributed by atoms with Gasteiger partial charge in [-0.3, -0.25) is 10.1 Å². The van der Waals surface area contributed by atoms with Gasteiger partial charge < -0.3 is 9.47 Å². The van der Waals surface area contributed by atoms with E-state index < -0.39 is 10.9 Å². The zero-order valence-electron chi connectivity index (χ0n) is 9.87. The van der Waals surface area contributed by atoms with E-state index in [0.717, 1.165) is 6.07 Å². The number of aromatic nitrogens is 1. The van der Waals surface area contributed by atoms with Crippen LogP contribution >= 0.6 is 0 Å². The Morgan fingerprint density at radius 3 is 2.68 bits per heavy atom. The first-order chi connectivity index (χ1) is 9.10. The lowest BCUT2D eigenvalue weighted by atomic mass is 10.3. The van der Waals surface area contributed by atoms with Crippen molar-refractivity contribution in [3.05, 3.63) is 52.6 Å². The standard InChI is InChI=1S/C12H9FN2O4/c1-18-8-2-3-11(10(6-8)15(16)17)19-9-4-5-14-12(13)7-9/h2-7H,1H3. The van der Waals surface area contributed by atoms with Crippen molar-refractivity contribution in [2.45, 2.75) is 0 Å². The van der Waals surface area contributed by atoms with Crippen LogP contribution in [0.15, 0.2) is 36.5 Å². The molecule has 0 aliphatic heterocycles. The lowest BCUT2D eigenvalue weighted by molar-refractivity contribution is -0.385. The molecule has 7 heteroatoms. The van der Waals surface area contributed by atoms with Gasteiger partial charge >= 0.3 is 5.69 Å². The van der Waals surface area contributed by atoms with E-state index >= 15 is 0 Å². The number of nitro groups is 1. The topological polar surface area (TPSA) is 74.5 Å². The predicted octanol–water partition coefficient (Wildman–Crippen LogP) is 2.93. The van der Waals surface area contributed by atoms with Crippen LogP contribution in [0.5, 0.6) is 17.2 Å². The van der Waals surface area contributed by atoms with Gasteiger partial charge in [0, 0.05) is 12.3 Å². The normalized spacial score (nSPS) is 10.0. The van der Waals surface area contributed by atoms with E-state index in [1.54, 1.807) is 0 Å². The Morgan fingerprint density at radius 1 is 1.26 bits per heavy atom. The first-order valence-electron chi connectivity index (χ1n) is 5.22. The molecule has 0 aliphatic rings. The van der Waals surface area contributed by atoms with Crippen LogP contribution in [0.3, 0.4) is 0 Å². The monoisotopic (exact) mass is 264 g/mol. The van der Waals surface area contributed by atoms with Gasteiger partial charge in [0.2, 0.25) is 11.7 Å². The van der Waals surface area contributed by atoms with E-state index in [2.05, 4.69) is 4.98 Å². The van der Waals surface area contributed by atoms with Crippen molar-refractivity contribution in [3.63, 3.8) is 0 Å². The molecule has 0 saturated carbocycles. The Hall–Kier alpha value is -2.70. The van der Waals surface area contributed by atoms with Gasteiger partial charge in [-0.1, -0.05) is 0 Å². The average Bonchev–Trinajstić information content (AvgIpc) is 2.39. The van der Waals surface area contributed by atoms with Gasteiger partial charge in [0.15, 0.2) is 0 Å². The second-order valence-corrected chi connectivity index (χ2v) is 3.51. The number of hydrogen-bond donors (Lipinski definition) is 0. The van der Waals surface area contributed by atoms with Crippen LogP contribution in [0.25, 0.3) is 0 Å². The number of hydrogen-bond acceptors (Lipinski definition) is 5. The number of nitro benzene ring substituents is 1. The highest BCUT2D eigenvalue weighted by atomic mass is 19.1. The first kappa shape index (κ1) is 12.7. The largest absolute Gasteiger partial charge is 0.496 e. The van der Waals surface area contributed by atoms with Gasteiger partial charge in [-0.2, -0.15) is 4.39 Å². The molecule has 0 fully saturated rings. The highest BCUT2D eigenvalue weighted by molar-refractivity contribution is 5.52. The second kappa shape index (κ2) is 5.30. The minimum atomic E-state index is -0.728. The molecule has 0 bridgehead atoms. The quantitative estimate of drug-likeness (QED) is 0.482. The lowest BCUT2D eigenvalue weighted by Crippen LogP contribution is -1.95. The Bertz CT molecular complexity index is 618. The van der Waals surface area contributed by atoms with Gasteiger partial charge in [0.05, 0.1) is 18.1 Å². The number of benzene rings is 1. The summed E-state index contributed by atoms with van der Waals surface area (Å²) in [7, 11) is 1.40. The third-order valence-corrected chi connectivity index (χ3v) is 2.29. The molecule has 2 rings (SSSR count). The Kier molecular flexibility index (Phi) is 3.56. The molecule has 98 valence electrons. The minimum absolute atomic E-state index is 0.00333. The van der Waals surface area contributed by atoms with Crippen LogP contribution < -0.4 is 9.47 Å². The van der Waals surface area contributed by atoms with Crippen LogP contribution in [0.1, 0.15) is 0 Å². The van der Waals surface area contributed by atoms with E-state index in [4.69, 9.17) is 9.47 Å². The zero-order chi connectivity index (χ0) is 13.8. The molecule has 2 aromatic rings. The third-order valence-electron chi connectivity index (χ3n) is 2.29. The molecule has 1 aromatic heterocycles. The number of halogens is 1. The predicted molar refractivity (Wildman–Crippen MR) is 63.9 cm³/mol. The molecule has 1 heterocycles. The van der Waals surface area contributed by atoms with Gasteiger partial charge in [-0.15, -0.1) is 0 Å². The summed E-state index contributed by atoms with van der Waals surface area (Å²) in [4.78, 5) is 13.7. The number of methoxy groups -OCH3 is 1. The summed E-state index contributed by atoms with van der Waals surface area (Å²) in [5.41, 5.74) is -0.267. The van der Waals surface area contributed by atoms with Crippen LogP contribution in [0, 0.1) is 16.1 Å². The maximum atomic E-state index is 12.9. The molecule has 0 N–H and O–H groups in total. The Morgan fingerprint density at radius 2 is 2.05 bits per heavy atom. The van der Waals surface area contributed by atoms with Crippen molar-refractivity contribution in [3.8, 4) is 17.2 Å². The summed E-state index contributed by atoms with van der Waals surface area (Å²) < 4.78 is 23.1. The zero-order valence-corrected chi connectivity index (χ0v) is 9.87. The number of nitrogens with zero attached hydrogens (tertiary/aromatic N) is 2. The summed E-state index contributed by atoms with van der Waals surface area (Å²) in [5.74, 6) is -0.272. The van der Waals surface area contributed by atoms with Gasteiger partial charge in [0.1, 0.15) is 11.5 Å². The lowest BCUT2D eigenvalue weighted by Gasteiger charge is -2.07. The summed E-state index contributed by atoms with van der Waals surface area (Å²) in [6.07, 6.45) is 1.21. The maximum absolute atomic E-state index is 12.9. The Labute approximate surface area is 107 Å². The van der Waals surface area contributed by atoms with Crippen molar-refractivity contribution in [2.24, 2.45) is 0 Å². The molecule has 1 aromatic carbocycles. The number of ether oxygens (including phenoxy) is 2. The fourth-order valence-corrected chi connectivity index (χ4v) is 1.43. The van der Waals surface area contributed by atoms with E-state index in [9.17, 15) is 14.5 Å². The first-order valence-corrected chi connectivity index (χ1v) is 5.22. The summed E-state index contributed by atoms with van der Waals surface area (Å²) >= 11 is 0. The summed E-state index contributed by atoms with van der Waals surface area (Å²) in [6, 6.07) is 6.56. The molecule has 0 spiro atoms. The fourth-order valence-electron chi connectivity index (χ4n) is 1.43. The maximum Gasteiger partial charge on any atom is 0.315 e. The third kappa shape index (κ3) is 2.95. The number of pyridine rings is 1. The second-order valence-electron chi connectivity index (χ2n) is 3.51. The SMILES string of the molecule is COc1ccc(Oc2ccnc(F)c2)c([N+](=O)[O-])c1. The smallest absolute Gasteiger partial charge is 0.315 e. The van der Waals surface area contributed by atoms with Crippen LogP contribution in [-0.2, 0) is 0 Å². The van der Waals surface area contributed by atoms with E-state index in [1.807, 2.05) is 0 Å². The van der Waals surface area contributed by atoms with Gasteiger partial charge in [-0.05, 0) is 18.2 Å². The molecule has 0 radical (unpaired) electrons. The highest BCUT2D eigenvalue weighted by Gasteiger charge is 2.17. The van der Waals surface area contributed by atoms with E-state index in [1.165, 1.54) is 37.6 Å². The average molecular weight is 264 g/mol. The van der Waals surface area contributed by atoms with Gasteiger partial charge in [0.25, 0.3) is 0 Å². The molecule has 0 amide bonds. The molecule has 0 aliphatic carbocycles. The summed E-state index contributed by atoms with van der Waals surface area (Å²) in [6.45, 7) is 0. The highest BCUT2D eigenvalue weighted by Crippen LogP contribution is 2.34. The molecule has 6 nitrogen and oxygen atoms in total. The van der Waals surface area contributed by atoms with Crippen LogP contribution in [0.4, 0.5) is 10.1 Å². The van der Waals surface area contributed by atoms with Crippen molar-refractivity contribution in [1.82, 2.24) is 4.98 Å². The van der Waals surface area contributed by atoms with E-state index in [-0.39, 0.29) is 17.2 Å². The van der Waals surface area contributed by atoms with Gasteiger partial charge in [-0.25, -0.2) is 4.98 Å². The number of rotatable bonds is 4. The van der Waals surface area contributed by atoms with E-state index in [0.29, 0.717) is 5.75 Å². The van der Waals surface area contributed by atoms with Crippen molar-refractivity contribution in [1.29, 1.82) is 0 Å². The molecular weight excluding hydrogens is 255 g/mol. The molecule has 19 heavy (non-hydrogen) atoms. The van der Waals surface area contributed by atoms with Crippen molar-refractivity contribution in [2.75, 3.05) is 7.11 Å². The van der Waals surface area contributed by atoms with Crippen molar-refractivity contribution < 1.29 is 18.8 Å². The molecule has 0 unspecified atom stereocenters. The molecule has 0 atom stereocenters. The van der Waals surface area contributed by atoms with Crippen LogP contribution in [-0.4, -0.2) is 17.0 Å². The van der Waals surface area contributed by atoms with Crippen molar-refractivity contribution >= 4 is 5.69 Å². The fraction of sp³-hybridized carbons (Fsp3) is 0.0833. The minimum Gasteiger partial charge on any atom is -0.496 e. The van der Waals surface area contributed by atoms with Crippen LogP contribution in [0.2, 0.25) is 0 Å². The summed E-state index contributed by atoms with van der Waals surface area (Å²) in [5, 5.41) is 10.9.